The SMILES string of the molecule is CC(N)c1noc(C(C)(Cl)Cl)n1. The second-order valence-electron chi connectivity index (χ2n) is 2.63. The van der Waals surface area contributed by atoms with Gasteiger partial charge in [-0.2, -0.15) is 4.98 Å². The Hall–Kier alpha value is -0.320. The van der Waals surface area contributed by atoms with E-state index in [-0.39, 0.29) is 11.9 Å². The van der Waals surface area contributed by atoms with Crippen molar-refractivity contribution < 1.29 is 4.52 Å². The summed E-state index contributed by atoms with van der Waals surface area (Å²) < 4.78 is 3.63. The topological polar surface area (TPSA) is 64.9 Å². The van der Waals surface area contributed by atoms with Crippen molar-refractivity contribution in [2.75, 3.05) is 0 Å². The Morgan fingerprint density at radius 2 is 2.17 bits per heavy atom. The first-order chi connectivity index (χ1) is 5.41. The lowest BCUT2D eigenvalue weighted by Crippen LogP contribution is -2.08. The quantitative estimate of drug-likeness (QED) is 0.755. The molecule has 1 aromatic heterocycles. The minimum Gasteiger partial charge on any atom is -0.336 e. The van der Waals surface area contributed by atoms with Crippen LogP contribution in [0.5, 0.6) is 0 Å². The van der Waals surface area contributed by atoms with Crippen molar-refractivity contribution in [3.63, 3.8) is 0 Å². The van der Waals surface area contributed by atoms with Crippen LogP contribution in [0.2, 0.25) is 0 Å². The zero-order valence-corrected chi connectivity index (χ0v) is 8.23. The van der Waals surface area contributed by atoms with Crippen molar-refractivity contribution in [1.82, 2.24) is 10.1 Å². The number of rotatable bonds is 2. The highest BCUT2D eigenvalue weighted by molar-refractivity contribution is 6.47. The second-order valence-corrected chi connectivity index (χ2v) is 4.34. The summed E-state index contributed by atoms with van der Waals surface area (Å²) >= 11 is 11.4. The van der Waals surface area contributed by atoms with E-state index in [0.717, 1.165) is 0 Å². The summed E-state index contributed by atoms with van der Waals surface area (Å²) in [6.45, 7) is 3.29. The van der Waals surface area contributed by atoms with Crippen LogP contribution in [0, 0.1) is 0 Å². The molecule has 1 unspecified atom stereocenters. The minimum absolute atomic E-state index is 0.165. The van der Waals surface area contributed by atoms with E-state index in [0.29, 0.717) is 5.82 Å². The van der Waals surface area contributed by atoms with Crippen LogP contribution in [-0.2, 0) is 4.33 Å². The molecule has 0 saturated heterocycles. The van der Waals surface area contributed by atoms with Gasteiger partial charge in [0.25, 0.3) is 5.89 Å². The number of nitrogens with two attached hydrogens (primary N) is 1. The third-order valence-electron chi connectivity index (χ3n) is 1.22. The highest BCUT2D eigenvalue weighted by atomic mass is 35.5. The van der Waals surface area contributed by atoms with Crippen LogP contribution in [0.4, 0.5) is 0 Å². The fourth-order valence-electron chi connectivity index (χ4n) is 0.598. The summed E-state index contributed by atoms with van der Waals surface area (Å²) in [5, 5.41) is 3.60. The van der Waals surface area contributed by atoms with Gasteiger partial charge in [0.15, 0.2) is 10.2 Å². The fraction of sp³-hybridized carbons (Fsp3) is 0.667. The molecule has 0 fully saturated rings. The molecule has 0 spiro atoms. The average molecular weight is 210 g/mol. The first-order valence-electron chi connectivity index (χ1n) is 3.38. The third kappa shape index (κ3) is 2.09. The summed E-state index contributed by atoms with van der Waals surface area (Å²) in [6, 6.07) is -0.279. The van der Waals surface area contributed by atoms with Gasteiger partial charge in [-0.15, -0.1) is 0 Å². The van der Waals surface area contributed by atoms with Crippen molar-refractivity contribution in [1.29, 1.82) is 0 Å². The Kier molecular flexibility index (Phi) is 2.61. The summed E-state index contributed by atoms with van der Waals surface area (Å²) in [7, 11) is 0. The number of aromatic nitrogens is 2. The van der Waals surface area contributed by atoms with E-state index in [2.05, 4.69) is 10.1 Å². The second kappa shape index (κ2) is 3.20. The Morgan fingerprint density at radius 1 is 1.58 bits per heavy atom. The number of halogens is 2. The Balaban J connectivity index is 2.92. The van der Waals surface area contributed by atoms with E-state index in [4.69, 9.17) is 33.5 Å². The highest BCUT2D eigenvalue weighted by Crippen LogP contribution is 2.31. The third-order valence-corrected chi connectivity index (χ3v) is 1.55. The van der Waals surface area contributed by atoms with Crippen molar-refractivity contribution in [3.05, 3.63) is 11.7 Å². The number of hydrogen-bond donors (Lipinski definition) is 1. The number of hydrogen-bond acceptors (Lipinski definition) is 4. The minimum atomic E-state index is -1.15. The Labute approximate surface area is 80.0 Å². The van der Waals surface area contributed by atoms with E-state index in [1.165, 1.54) is 0 Å². The predicted octanol–water partition coefficient (Wildman–Crippen LogP) is 1.74. The molecule has 0 saturated carbocycles. The molecule has 1 rings (SSSR count). The zero-order chi connectivity index (χ0) is 9.35. The van der Waals surface area contributed by atoms with E-state index < -0.39 is 4.33 Å². The van der Waals surface area contributed by atoms with E-state index >= 15 is 0 Å². The molecule has 0 bridgehead atoms. The maximum Gasteiger partial charge on any atom is 0.262 e. The van der Waals surface area contributed by atoms with E-state index in [1.54, 1.807) is 13.8 Å². The number of nitrogens with zero attached hydrogens (tertiary/aromatic N) is 2. The summed E-state index contributed by atoms with van der Waals surface area (Å²) in [6.07, 6.45) is 0. The van der Waals surface area contributed by atoms with Crippen LogP contribution in [0.3, 0.4) is 0 Å². The molecule has 0 amide bonds. The predicted molar refractivity (Wildman–Crippen MR) is 46.0 cm³/mol. The lowest BCUT2D eigenvalue weighted by molar-refractivity contribution is 0.363. The smallest absolute Gasteiger partial charge is 0.262 e. The summed E-state index contributed by atoms with van der Waals surface area (Å²) in [5.74, 6) is 0.565. The van der Waals surface area contributed by atoms with Gasteiger partial charge in [-0.05, 0) is 13.8 Å². The molecular formula is C6H9Cl2N3O. The molecule has 0 aromatic carbocycles. The van der Waals surface area contributed by atoms with Crippen molar-refractivity contribution >= 4 is 23.2 Å². The summed E-state index contributed by atoms with van der Waals surface area (Å²) in [4.78, 5) is 3.91. The van der Waals surface area contributed by atoms with Crippen LogP contribution in [-0.4, -0.2) is 10.1 Å². The molecule has 1 aromatic rings. The molecule has 1 heterocycles. The van der Waals surface area contributed by atoms with Crippen LogP contribution >= 0.6 is 23.2 Å². The maximum atomic E-state index is 5.70. The molecule has 2 N–H and O–H groups in total. The van der Waals surface area contributed by atoms with Crippen LogP contribution in [0.25, 0.3) is 0 Å². The lowest BCUT2D eigenvalue weighted by atomic mass is 10.3. The van der Waals surface area contributed by atoms with E-state index in [1.807, 2.05) is 0 Å². The molecular weight excluding hydrogens is 201 g/mol. The zero-order valence-electron chi connectivity index (χ0n) is 6.71. The standard InChI is InChI=1S/C6H9Cl2N3O/c1-3(9)4-10-5(12-11-4)6(2,7)8/h3H,9H2,1-2H3. The van der Waals surface area contributed by atoms with Crippen LogP contribution < -0.4 is 5.73 Å². The van der Waals surface area contributed by atoms with Gasteiger partial charge in [0.1, 0.15) is 0 Å². The first-order valence-corrected chi connectivity index (χ1v) is 4.14. The highest BCUT2D eigenvalue weighted by Gasteiger charge is 2.27. The van der Waals surface area contributed by atoms with Crippen molar-refractivity contribution in [2.45, 2.75) is 24.2 Å². The van der Waals surface area contributed by atoms with E-state index in [9.17, 15) is 0 Å². The Morgan fingerprint density at radius 3 is 2.42 bits per heavy atom. The molecule has 0 aliphatic heterocycles. The largest absolute Gasteiger partial charge is 0.336 e. The molecule has 1 atom stereocenters. The fourth-order valence-corrected chi connectivity index (χ4v) is 0.752. The molecule has 0 aliphatic carbocycles. The van der Waals surface area contributed by atoms with Gasteiger partial charge in [0.2, 0.25) is 0 Å². The normalized spacial score (nSPS) is 14.8. The van der Waals surface area contributed by atoms with Crippen molar-refractivity contribution in [3.8, 4) is 0 Å². The van der Waals surface area contributed by atoms with Gasteiger partial charge >= 0.3 is 0 Å². The van der Waals surface area contributed by atoms with Gasteiger partial charge < -0.3 is 10.3 Å². The first kappa shape index (κ1) is 9.77. The van der Waals surface area contributed by atoms with Gasteiger partial charge in [0, 0.05) is 0 Å². The maximum absolute atomic E-state index is 5.70. The molecule has 6 heteroatoms. The Bertz CT molecular complexity index is 266. The molecule has 0 aliphatic rings. The van der Waals surface area contributed by atoms with Crippen molar-refractivity contribution in [2.24, 2.45) is 5.73 Å². The van der Waals surface area contributed by atoms with Gasteiger partial charge in [-0.25, -0.2) is 0 Å². The summed E-state index contributed by atoms with van der Waals surface area (Å²) in [5.41, 5.74) is 5.50. The monoisotopic (exact) mass is 209 g/mol. The van der Waals surface area contributed by atoms with Gasteiger partial charge in [-0.3, -0.25) is 0 Å². The van der Waals surface area contributed by atoms with Gasteiger partial charge in [-0.1, -0.05) is 28.4 Å². The van der Waals surface area contributed by atoms with Crippen LogP contribution in [0.1, 0.15) is 31.6 Å². The molecule has 4 nitrogen and oxygen atoms in total. The molecule has 0 radical (unpaired) electrons. The molecule has 12 heavy (non-hydrogen) atoms. The lowest BCUT2D eigenvalue weighted by Gasteiger charge is -2.04. The van der Waals surface area contributed by atoms with Crippen LogP contribution in [0.15, 0.2) is 4.52 Å². The van der Waals surface area contributed by atoms with Gasteiger partial charge in [0.05, 0.1) is 6.04 Å². The number of alkyl halides is 2. The molecule has 68 valence electrons. The average Bonchev–Trinajstić information content (AvgIpc) is 2.30.